The number of rotatable bonds is 5. The van der Waals surface area contributed by atoms with Gasteiger partial charge in [0.25, 0.3) is 0 Å². The van der Waals surface area contributed by atoms with Crippen LogP contribution < -0.4 is 0 Å². The summed E-state index contributed by atoms with van der Waals surface area (Å²) in [6.07, 6.45) is 3.05. The Kier molecular flexibility index (Phi) is 5.58. The van der Waals surface area contributed by atoms with Crippen molar-refractivity contribution in [2.24, 2.45) is 0 Å². The zero-order chi connectivity index (χ0) is 14.5. The highest BCUT2D eigenvalue weighted by atomic mass is 16.3. The summed E-state index contributed by atoms with van der Waals surface area (Å²) in [5, 5.41) is 10.3. The van der Waals surface area contributed by atoms with Crippen LogP contribution in [0.5, 0.6) is 0 Å². The maximum Gasteiger partial charge on any atom is 0.0802 e. The maximum absolute atomic E-state index is 10.3. The van der Waals surface area contributed by atoms with Gasteiger partial charge in [0.15, 0.2) is 0 Å². The van der Waals surface area contributed by atoms with Crippen LogP contribution in [0.1, 0.15) is 36.5 Å². The number of aliphatic hydroxyl groups is 1. The Morgan fingerprint density at radius 3 is 2.65 bits per heavy atom. The second-order valence-corrected chi connectivity index (χ2v) is 6.28. The van der Waals surface area contributed by atoms with Crippen LogP contribution in [0.25, 0.3) is 0 Å². The minimum absolute atomic E-state index is 0.338. The van der Waals surface area contributed by atoms with Gasteiger partial charge in [-0.05, 0) is 52.4 Å². The molecule has 2 rings (SSSR count). The van der Waals surface area contributed by atoms with E-state index in [4.69, 9.17) is 0 Å². The summed E-state index contributed by atoms with van der Waals surface area (Å²) < 4.78 is 0. The quantitative estimate of drug-likeness (QED) is 0.895. The van der Waals surface area contributed by atoms with Gasteiger partial charge >= 0.3 is 0 Å². The molecule has 3 nitrogen and oxygen atoms in total. The first-order chi connectivity index (χ1) is 9.56. The molecule has 0 spiro atoms. The normalized spacial score (nSPS) is 22.1. The summed E-state index contributed by atoms with van der Waals surface area (Å²) in [7, 11) is 4.32. The van der Waals surface area contributed by atoms with Gasteiger partial charge in [0, 0.05) is 19.1 Å². The zero-order valence-electron chi connectivity index (χ0n) is 13.0. The Bertz CT molecular complexity index is 402. The number of likely N-dealkylation sites (N-methyl/N-ethyl adjacent to an activating group) is 1. The lowest BCUT2D eigenvalue weighted by Crippen LogP contribution is -2.45. The highest BCUT2D eigenvalue weighted by Crippen LogP contribution is 2.20. The number of nitrogens with zero attached hydrogens (tertiary/aromatic N) is 2. The molecule has 20 heavy (non-hydrogen) atoms. The monoisotopic (exact) mass is 276 g/mol. The predicted octanol–water partition coefficient (Wildman–Crippen LogP) is 2.44. The lowest BCUT2D eigenvalue weighted by molar-refractivity contribution is 0.102. The molecule has 1 aromatic rings. The van der Waals surface area contributed by atoms with Crippen LogP contribution in [-0.4, -0.2) is 54.7 Å². The largest absolute Gasteiger partial charge is 0.388 e. The van der Waals surface area contributed by atoms with Crippen molar-refractivity contribution in [3.8, 4) is 0 Å². The fourth-order valence-electron chi connectivity index (χ4n) is 2.92. The smallest absolute Gasteiger partial charge is 0.0802 e. The third-order valence-corrected chi connectivity index (χ3v) is 4.39. The molecule has 0 bridgehead atoms. The first-order valence-electron chi connectivity index (χ1n) is 7.69. The second-order valence-electron chi connectivity index (χ2n) is 6.28. The van der Waals surface area contributed by atoms with Crippen molar-refractivity contribution in [3.63, 3.8) is 0 Å². The van der Waals surface area contributed by atoms with Crippen LogP contribution in [0, 0.1) is 6.92 Å². The maximum atomic E-state index is 10.3. The van der Waals surface area contributed by atoms with Crippen molar-refractivity contribution in [2.45, 2.75) is 38.3 Å². The van der Waals surface area contributed by atoms with Crippen LogP contribution in [0.15, 0.2) is 24.3 Å². The Balaban J connectivity index is 1.81. The van der Waals surface area contributed by atoms with Crippen LogP contribution in [0.4, 0.5) is 0 Å². The lowest BCUT2D eigenvalue weighted by Gasteiger charge is -2.36. The Morgan fingerprint density at radius 2 is 2.00 bits per heavy atom. The van der Waals surface area contributed by atoms with Crippen molar-refractivity contribution < 1.29 is 5.11 Å². The van der Waals surface area contributed by atoms with Gasteiger partial charge in [-0.3, -0.25) is 0 Å². The summed E-state index contributed by atoms with van der Waals surface area (Å²) in [6, 6.07) is 8.89. The molecule has 1 aliphatic heterocycles. The molecule has 1 aliphatic rings. The molecule has 2 unspecified atom stereocenters. The van der Waals surface area contributed by atoms with Gasteiger partial charge in [-0.2, -0.15) is 0 Å². The van der Waals surface area contributed by atoms with Crippen molar-refractivity contribution >= 4 is 0 Å². The van der Waals surface area contributed by atoms with Gasteiger partial charge in [0.1, 0.15) is 0 Å². The number of likely N-dealkylation sites (tertiary alicyclic amines) is 1. The zero-order valence-corrected chi connectivity index (χ0v) is 13.0. The molecule has 1 aromatic carbocycles. The van der Waals surface area contributed by atoms with Gasteiger partial charge in [0.05, 0.1) is 6.10 Å². The molecule has 1 heterocycles. The van der Waals surface area contributed by atoms with Crippen LogP contribution in [0.3, 0.4) is 0 Å². The Hall–Kier alpha value is -0.900. The van der Waals surface area contributed by atoms with Gasteiger partial charge in [0.2, 0.25) is 0 Å². The molecule has 0 saturated carbocycles. The first kappa shape index (κ1) is 15.5. The average molecular weight is 276 g/mol. The van der Waals surface area contributed by atoms with E-state index in [0.717, 1.165) is 25.1 Å². The molecule has 3 heteroatoms. The lowest BCUT2D eigenvalue weighted by atomic mass is 10.0. The van der Waals surface area contributed by atoms with Gasteiger partial charge < -0.3 is 14.9 Å². The molecular formula is C17H28N2O. The van der Waals surface area contributed by atoms with E-state index in [-0.39, 0.29) is 6.10 Å². The van der Waals surface area contributed by atoms with E-state index in [1.807, 2.05) is 12.1 Å². The van der Waals surface area contributed by atoms with E-state index in [0.29, 0.717) is 6.04 Å². The third kappa shape index (κ3) is 4.30. The average Bonchev–Trinajstić information content (AvgIpc) is 2.46. The minimum Gasteiger partial charge on any atom is -0.388 e. The van der Waals surface area contributed by atoms with E-state index in [9.17, 15) is 5.11 Å². The standard InChI is InChI=1S/C17H28N2O/c1-14-6-8-15(9-7-14)17(20)10-12-19-11-4-5-16(13-19)18(2)3/h6-9,16-17,20H,4-5,10-13H2,1-3H3. The minimum atomic E-state index is -0.338. The first-order valence-corrected chi connectivity index (χ1v) is 7.69. The van der Waals surface area contributed by atoms with Crippen LogP contribution >= 0.6 is 0 Å². The topological polar surface area (TPSA) is 26.7 Å². The van der Waals surface area contributed by atoms with Crippen LogP contribution in [0.2, 0.25) is 0 Å². The second kappa shape index (κ2) is 7.21. The molecule has 1 fully saturated rings. The third-order valence-electron chi connectivity index (χ3n) is 4.39. The number of aliphatic hydroxyl groups excluding tert-OH is 1. The van der Waals surface area contributed by atoms with Crippen molar-refractivity contribution in [1.82, 2.24) is 9.80 Å². The molecule has 1 N–H and O–H groups in total. The molecule has 1 saturated heterocycles. The summed E-state index contributed by atoms with van der Waals surface area (Å²) in [5.41, 5.74) is 2.28. The molecule has 0 radical (unpaired) electrons. The summed E-state index contributed by atoms with van der Waals surface area (Å²) >= 11 is 0. The molecule has 112 valence electrons. The van der Waals surface area contributed by atoms with E-state index in [1.165, 1.54) is 24.9 Å². The van der Waals surface area contributed by atoms with Crippen LogP contribution in [-0.2, 0) is 0 Å². The number of hydrogen-bond acceptors (Lipinski definition) is 3. The van der Waals surface area contributed by atoms with E-state index in [2.05, 4.69) is 43.0 Å². The van der Waals surface area contributed by atoms with Gasteiger partial charge in [-0.1, -0.05) is 29.8 Å². The Morgan fingerprint density at radius 1 is 1.30 bits per heavy atom. The molecular weight excluding hydrogens is 248 g/mol. The number of piperidine rings is 1. The van der Waals surface area contributed by atoms with E-state index < -0.39 is 0 Å². The number of benzene rings is 1. The SMILES string of the molecule is Cc1ccc(C(O)CCN2CCCC(N(C)C)C2)cc1. The summed E-state index contributed by atoms with van der Waals surface area (Å²) in [6.45, 7) is 5.36. The van der Waals surface area contributed by atoms with E-state index in [1.54, 1.807) is 0 Å². The van der Waals surface area contributed by atoms with E-state index >= 15 is 0 Å². The summed E-state index contributed by atoms with van der Waals surface area (Å²) in [4.78, 5) is 4.81. The van der Waals surface area contributed by atoms with Crippen molar-refractivity contribution in [3.05, 3.63) is 35.4 Å². The van der Waals surface area contributed by atoms with Crippen molar-refractivity contribution in [1.29, 1.82) is 0 Å². The van der Waals surface area contributed by atoms with Gasteiger partial charge in [-0.25, -0.2) is 0 Å². The summed E-state index contributed by atoms with van der Waals surface area (Å²) in [5.74, 6) is 0. The predicted molar refractivity (Wildman–Crippen MR) is 83.9 cm³/mol. The van der Waals surface area contributed by atoms with Gasteiger partial charge in [-0.15, -0.1) is 0 Å². The molecule has 0 aromatic heterocycles. The fourth-order valence-corrected chi connectivity index (χ4v) is 2.92. The Labute approximate surface area is 123 Å². The molecule has 0 aliphatic carbocycles. The molecule has 0 amide bonds. The van der Waals surface area contributed by atoms with Crippen molar-refractivity contribution in [2.75, 3.05) is 33.7 Å². The fraction of sp³-hybridized carbons (Fsp3) is 0.647. The highest BCUT2D eigenvalue weighted by molar-refractivity contribution is 5.23. The number of aryl methyl sites for hydroxylation is 1. The number of hydrogen-bond donors (Lipinski definition) is 1. The highest BCUT2D eigenvalue weighted by Gasteiger charge is 2.21. The molecule has 2 atom stereocenters.